The molecule has 0 spiro atoms. The molecule has 0 aliphatic heterocycles. The van der Waals surface area contributed by atoms with Crippen LogP contribution in [0.2, 0.25) is 0 Å². The third-order valence-electron chi connectivity index (χ3n) is 3.72. The van der Waals surface area contributed by atoms with Gasteiger partial charge in [-0.25, -0.2) is 4.79 Å². The molecular weight excluding hydrogens is 364 g/mol. The molecule has 3 N–H and O–H groups in total. The molecule has 9 nitrogen and oxygen atoms in total. The lowest BCUT2D eigenvalue weighted by Crippen LogP contribution is -2.27. The highest BCUT2D eigenvalue weighted by Crippen LogP contribution is 2.17. The minimum absolute atomic E-state index is 0.159. The van der Waals surface area contributed by atoms with Gasteiger partial charge in [0.25, 0.3) is 11.6 Å². The number of anilines is 2. The highest BCUT2D eigenvalue weighted by atomic mass is 16.6. The molecule has 3 amide bonds. The van der Waals surface area contributed by atoms with Crippen molar-refractivity contribution >= 4 is 29.0 Å². The summed E-state index contributed by atoms with van der Waals surface area (Å²) in [5.41, 5.74) is 1.03. The van der Waals surface area contributed by atoms with Crippen molar-refractivity contribution in [3.63, 3.8) is 0 Å². The number of carbonyl (C=O) groups is 2. The van der Waals surface area contributed by atoms with E-state index in [1.807, 2.05) is 0 Å². The predicted octanol–water partition coefficient (Wildman–Crippen LogP) is 3.76. The van der Waals surface area contributed by atoms with Gasteiger partial charge in [0.1, 0.15) is 5.76 Å². The van der Waals surface area contributed by atoms with E-state index < -0.39 is 16.9 Å². The Morgan fingerprint density at radius 1 is 0.964 bits per heavy atom. The second-order valence-electron chi connectivity index (χ2n) is 5.73. The first-order chi connectivity index (χ1) is 13.5. The molecule has 0 saturated heterocycles. The van der Waals surface area contributed by atoms with Crippen molar-refractivity contribution in [1.29, 1.82) is 0 Å². The monoisotopic (exact) mass is 380 g/mol. The number of nitro groups is 1. The average molecular weight is 380 g/mol. The molecule has 9 heteroatoms. The summed E-state index contributed by atoms with van der Waals surface area (Å²) in [6, 6.07) is 15.0. The molecule has 0 unspecified atom stereocenters. The van der Waals surface area contributed by atoms with Crippen LogP contribution in [0.5, 0.6) is 0 Å². The highest BCUT2D eigenvalue weighted by molar-refractivity contribution is 6.04. The lowest BCUT2D eigenvalue weighted by Gasteiger charge is -2.09. The molecule has 0 saturated carbocycles. The Labute approximate surface area is 159 Å². The van der Waals surface area contributed by atoms with Gasteiger partial charge in [-0.1, -0.05) is 6.07 Å². The normalized spacial score (nSPS) is 10.1. The minimum atomic E-state index is -0.561. The van der Waals surface area contributed by atoms with E-state index in [2.05, 4.69) is 16.0 Å². The number of nitro benzene ring substituents is 1. The fourth-order valence-electron chi connectivity index (χ4n) is 2.36. The van der Waals surface area contributed by atoms with Gasteiger partial charge in [-0.2, -0.15) is 0 Å². The minimum Gasteiger partial charge on any atom is -0.467 e. The molecule has 0 aliphatic rings. The van der Waals surface area contributed by atoms with E-state index >= 15 is 0 Å². The fourth-order valence-corrected chi connectivity index (χ4v) is 2.36. The first-order valence-electron chi connectivity index (χ1n) is 8.24. The van der Waals surface area contributed by atoms with Crippen molar-refractivity contribution in [3.8, 4) is 0 Å². The number of hydrogen-bond donors (Lipinski definition) is 3. The van der Waals surface area contributed by atoms with Crippen molar-refractivity contribution < 1.29 is 18.9 Å². The first kappa shape index (κ1) is 18.6. The van der Waals surface area contributed by atoms with Crippen molar-refractivity contribution in [1.82, 2.24) is 5.32 Å². The molecule has 3 rings (SSSR count). The highest BCUT2D eigenvalue weighted by Gasteiger charge is 2.12. The van der Waals surface area contributed by atoms with Crippen LogP contribution in [0.3, 0.4) is 0 Å². The van der Waals surface area contributed by atoms with E-state index in [0.717, 1.165) is 0 Å². The van der Waals surface area contributed by atoms with Gasteiger partial charge < -0.3 is 20.4 Å². The number of urea groups is 1. The predicted molar refractivity (Wildman–Crippen MR) is 102 cm³/mol. The van der Waals surface area contributed by atoms with Crippen LogP contribution in [0, 0.1) is 10.1 Å². The molecule has 2 aromatic carbocycles. The summed E-state index contributed by atoms with van der Waals surface area (Å²) >= 11 is 0. The standard InChI is InChI=1S/C19H16N4O5/c24-18(13-3-1-4-16(11-13)23(26)27)21-14-6-8-15(9-7-14)22-19(25)20-12-17-5-2-10-28-17/h1-11H,12H2,(H,21,24)(H2,20,22,25). The summed E-state index contributed by atoms with van der Waals surface area (Å²) in [5, 5.41) is 18.8. The molecule has 0 fully saturated rings. The van der Waals surface area contributed by atoms with Crippen LogP contribution in [-0.2, 0) is 6.54 Å². The van der Waals surface area contributed by atoms with Crippen molar-refractivity contribution in [2.24, 2.45) is 0 Å². The topological polar surface area (TPSA) is 127 Å². The Morgan fingerprint density at radius 3 is 2.32 bits per heavy atom. The molecule has 0 bridgehead atoms. The fraction of sp³-hybridized carbons (Fsp3) is 0.0526. The summed E-state index contributed by atoms with van der Waals surface area (Å²) in [4.78, 5) is 34.3. The molecule has 142 valence electrons. The molecular formula is C19H16N4O5. The number of non-ortho nitro benzene ring substituents is 1. The maximum Gasteiger partial charge on any atom is 0.319 e. The lowest BCUT2D eigenvalue weighted by molar-refractivity contribution is -0.384. The second-order valence-corrected chi connectivity index (χ2v) is 5.73. The van der Waals surface area contributed by atoms with Gasteiger partial charge >= 0.3 is 6.03 Å². The number of rotatable bonds is 6. The van der Waals surface area contributed by atoms with Crippen LogP contribution >= 0.6 is 0 Å². The quantitative estimate of drug-likeness (QED) is 0.443. The summed E-state index contributed by atoms with van der Waals surface area (Å²) in [6.45, 7) is 0.260. The summed E-state index contributed by atoms with van der Waals surface area (Å²) in [5.74, 6) is 0.162. The van der Waals surface area contributed by atoms with E-state index in [1.54, 1.807) is 36.4 Å². The van der Waals surface area contributed by atoms with E-state index in [9.17, 15) is 19.7 Å². The number of nitrogens with zero attached hydrogens (tertiary/aromatic N) is 1. The van der Waals surface area contributed by atoms with Crippen molar-refractivity contribution in [3.05, 3.63) is 88.4 Å². The Balaban J connectivity index is 1.55. The van der Waals surface area contributed by atoms with Crippen LogP contribution < -0.4 is 16.0 Å². The third-order valence-corrected chi connectivity index (χ3v) is 3.72. The largest absolute Gasteiger partial charge is 0.467 e. The van der Waals surface area contributed by atoms with Gasteiger partial charge in [0.05, 0.1) is 17.7 Å². The van der Waals surface area contributed by atoms with Crippen molar-refractivity contribution in [2.75, 3.05) is 10.6 Å². The molecule has 3 aromatic rings. The molecule has 0 radical (unpaired) electrons. The molecule has 1 heterocycles. The summed E-state index contributed by atoms with van der Waals surface area (Å²) in [6.07, 6.45) is 1.52. The zero-order valence-electron chi connectivity index (χ0n) is 14.5. The zero-order valence-corrected chi connectivity index (χ0v) is 14.5. The van der Waals surface area contributed by atoms with Gasteiger partial charge in [-0.3, -0.25) is 14.9 Å². The summed E-state index contributed by atoms with van der Waals surface area (Å²) < 4.78 is 5.12. The number of amides is 3. The first-order valence-corrected chi connectivity index (χ1v) is 8.24. The number of nitrogens with one attached hydrogen (secondary N) is 3. The maximum atomic E-state index is 12.2. The maximum absolute atomic E-state index is 12.2. The molecule has 28 heavy (non-hydrogen) atoms. The van der Waals surface area contributed by atoms with Crippen molar-refractivity contribution in [2.45, 2.75) is 6.54 Å². The third kappa shape index (κ3) is 4.94. The summed E-state index contributed by atoms with van der Waals surface area (Å²) in [7, 11) is 0. The van der Waals surface area contributed by atoms with Gasteiger partial charge in [0.2, 0.25) is 0 Å². The number of carbonyl (C=O) groups excluding carboxylic acids is 2. The van der Waals surface area contributed by atoms with E-state index in [-0.39, 0.29) is 17.8 Å². The van der Waals surface area contributed by atoms with E-state index in [4.69, 9.17) is 4.42 Å². The Hall–Kier alpha value is -4.14. The van der Waals surface area contributed by atoms with Gasteiger partial charge in [-0.05, 0) is 42.5 Å². The van der Waals surface area contributed by atoms with E-state index in [0.29, 0.717) is 17.1 Å². The Bertz CT molecular complexity index is 984. The Morgan fingerprint density at radius 2 is 1.68 bits per heavy atom. The average Bonchev–Trinajstić information content (AvgIpc) is 3.21. The SMILES string of the molecule is O=C(NCc1ccco1)Nc1ccc(NC(=O)c2cccc([N+](=O)[O-])c2)cc1. The van der Waals surface area contributed by atoms with Gasteiger partial charge in [0, 0.05) is 29.1 Å². The van der Waals surface area contributed by atoms with Gasteiger partial charge in [0.15, 0.2) is 0 Å². The number of furan rings is 1. The molecule has 0 aliphatic carbocycles. The molecule has 0 atom stereocenters. The zero-order chi connectivity index (χ0) is 19.9. The van der Waals surface area contributed by atoms with Crippen LogP contribution in [-0.4, -0.2) is 16.9 Å². The van der Waals surface area contributed by atoms with Crippen LogP contribution in [0.4, 0.5) is 21.9 Å². The van der Waals surface area contributed by atoms with Gasteiger partial charge in [-0.15, -0.1) is 0 Å². The lowest BCUT2D eigenvalue weighted by atomic mass is 10.2. The number of hydrogen-bond acceptors (Lipinski definition) is 5. The van der Waals surface area contributed by atoms with Crippen LogP contribution in [0.1, 0.15) is 16.1 Å². The Kier molecular flexibility index (Phi) is 5.66. The molecule has 1 aromatic heterocycles. The smallest absolute Gasteiger partial charge is 0.319 e. The second kappa shape index (κ2) is 8.49. The van der Waals surface area contributed by atoms with Crippen LogP contribution in [0.15, 0.2) is 71.3 Å². The van der Waals surface area contributed by atoms with E-state index in [1.165, 1.54) is 30.5 Å². The number of benzene rings is 2. The van der Waals surface area contributed by atoms with Crippen LogP contribution in [0.25, 0.3) is 0 Å².